The van der Waals surface area contributed by atoms with Gasteiger partial charge in [0.05, 0.1) is 17.8 Å². The SMILES string of the molecule is CCCc1nn(Cc2ccccc2)c(C)c1C(=O)NC(C)C. The van der Waals surface area contributed by atoms with Crippen LogP contribution in [0.2, 0.25) is 0 Å². The maximum absolute atomic E-state index is 12.5. The van der Waals surface area contributed by atoms with E-state index in [2.05, 4.69) is 29.5 Å². The number of benzene rings is 1. The van der Waals surface area contributed by atoms with E-state index in [0.717, 1.165) is 29.8 Å². The summed E-state index contributed by atoms with van der Waals surface area (Å²) in [5.41, 5.74) is 3.76. The van der Waals surface area contributed by atoms with Gasteiger partial charge >= 0.3 is 0 Å². The van der Waals surface area contributed by atoms with Gasteiger partial charge in [-0.05, 0) is 32.8 Å². The normalized spacial score (nSPS) is 11.0. The number of rotatable bonds is 6. The fraction of sp³-hybridized carbons (Fsp3) is 0.444. The van der Waals surface area contributed by atoms with Gasteiger partial charge in [-0.2, -0.15) is 5.10 Å². The van der Waals surface area contributed by atoms with Crippen LogP contribution in [0.4, 0.5) is 0 Å². The number of amides is 1. The van der Waals surface area contributed by atoms with Crippen LogP contribution in [-0.4, -0.2) is 21.7 Å². The molecule has 1 aromatic heterocycles. The van der Waals surface area contributed by atoms with Crippen LogP contribution in [0, 0.1) is 6.92 Å². The van der Waals surface area contributed by atoms with Gasteiger partial charge in [-0.15, -0.1) is 0 Å². The summed E-state index contributed by atoms with van der Waals surface area (Å²) in [5, 5.41) is 7.66. The first-order valence-corrected chi connectivity index (χ1v) is 7.94. The van der Waals surface area contributed by atoms with Gasteiger partial charge in [-0.3, -0.25) is 9.48 Å². The molecule has 0 fully saturated rings. The highest BCUT2D eigenvalue weighted by Crippen LogP contribution is 2.17. The number of carbonyl (C=O) groups excluding carboxylic acids is 1. The molecule has 2 rings (SSSR count). The quantitative estimate of drug-likeness (QED) is 0.889. The smallest absolute Gasteiger partial charge is 0.255 e. The second-order valence-corrected chi connectivity index (χ2v) is 5.93. The molecule has 4 nitrogen and oxygen atoms in total. The molecule has 0 aliphatic rings. The highest BCUT2D eigenvalue weighted by Gasteiger charge is 2.21. The third-order valence-corrected chi connectivity index (χ3v) is 3.59. The monoisotopic (exact) mass is 299 g/mol. The van der Waals surface area contributed by atoms with Crippen molar-refractivity contribution in [3.8, 4) is 0 Å². The number of nitrogens with zero attached hydrogens (tertiary/aromatic N) is 2. The van der Waals surface area contributed by atoms with Gasteiger partial charge in [0.25, 0.3) is 5.91 Å². The third-order valence-electron chi connectivity index (χ3n) is 3.59. The summed E-state index contributed by atoms with van der Waals surface area (Å²) >= 11 is 0. The van der Waals surface area contributed by atoms with Crippen molar-refractivity contribution in [2.45, 2.75) is 53.1 Å². The number of hydrogen-bond donors (Lipinski definition) is 1. The Morgan fingerprint density at radius 3 is 2.55 bits per heavy atom. The topological polar surface area (TPSA) is 46.9 Å². The van der Waals surface area contributed by atoms with Crippen LogP contribution in [0.25, 0.3) is 0 Å². The molecule has 22 heavy (non-hydrogen) atoms. The fourth-order valence-electron chi connectivity index (χ4n) is 2.56. The molecule has 0 unspecified atom stereocenters. The second-order valence-electron chi connectivity index (χ2n) is 5.93. The maximum Gasteiger partial charge on any atom is 0.255 e. The predicted octanol–water partition coefficient (Wildman–Crippen LogP) is 3.33. The number of nitrogens with one attached hydrogen (secondary N) is 1. The lowest BCUT2D eigenvalue weighted by molar-refractivity contribution is 0.0941. The van der Waals surface area contributed by atoms with Crippen molar-refractivity contribution in [3.63, 3.8) is 0 Å². The van der Waals surface area contributed by atoms with Gasteiger partial charge in [-0.25, -0.2) is 0 Å². The minimum atomic E-state index is -0.0183. The van der Waals surface area contributed by atoms with Crippen molar-refractivity contribution in [2.24, 2.45) is 0 Å². The Kier molecular flexibility index (Phi) is 5.36. The van der Waals surface area contributed by atoms with Crippen LogP contribution in [0.1, 0.15) is 54.5 Å². The van der Waals surface area contributed by atoms with Crippen molar-refractivity contribution in [3.05, 3.63) is 52.8 Å². The summed E-state index contributed by atoms with van der Waals surface area (Å²) in [6.45, 7) is 8.72. The molecule has 4 heteroatoms. The van der Waals surface area contributed by atoms with Crippen molar-refractivity contribution in [1.82, 2.24) is 15.1 Å². The number of aromatic nitrogens is 2. The van der Waals surface area contributed by atoms with E-state index < -0.39 is 0 Å². The Balaban J connectivity index is 2.34. The molecule has 0 spiro atoms. The van der Waals surface area contributed by atoms with Crippen molar-refractivity contribution >= 4 is 5.91 Å². The number of carbonyl (C=O) groups is 1. The largest absolute Gasteiger partial charge is 0.350 e. The Labute approximate surface area is 132 Å². The Morgan fingerprint density at radius 2 is 1.95 bits per heavy atom. The zero-order valence-electron chi connectivity index (χ0n) is 13.9. The summed E-state index contributed by atoms with van der Waals surface area (Å²) in [7, 11) is 0. The molecular formula is C18H25N3O. The van der Waals surface area contributed by atoms with E-state index in [-0.39, 0.29) is 11.9 Å². The summed E-state index contributed by atoms with van der Waals surface area (Å²) in [4.78, 5) is 12.5. The van der Waals surface area contributed by atoms with E-state index >= 15 is 0 Å². The van der Waals surface area contributed by atoms with Crippen LogP contribution >= 0.6 is 0 Å². The Bertz CT molecular complexity index is 629. The average molecular weight is 299 g/mol. The van der Waals surface area contributed by atoms with E-state index in [1.54, 1.807) is 0 Å². The highest BCUT2D eigenvalue weighted by atomic mass is 16.1. The minimum Gasteiger partial charge on any atom is -0.350 e. The molecule has 118 valence electrons. The summed E-state index contributed by atoms with van der Waals surface area (Å²) < 4.78 is 1.94. The highest BCUT2D eigenvalue weighted by molar-refractivity contribution is 5.96. The zero-order chi connectivity index (χ0) is 16.1. The molecular weight excluding hydrogens is 274 g/mol. The molecule has 2 aromatic rings. The fourth-order valence-corrected chi connectivity index (χ4v) is 2.56. The molecule has 0 saturated carbocycles. The van der Waals surface area contributed by atoms with Crippen molar-refractivity contribution < 1.29 is 4.79 Å². The molecule has 0 radical (unpaired) electrons. The summed E-state index contributed by atoms with van der Waals surface area (Å²) in [5.74, 6) is -0.0183. The first kappa shape index (κ1) is 16.3. The van der Waals surface area contributed by atoms with E-state index in [4.69, 9.17) is 0 Å². The predicted molar refractivity (Wildman–Crippen MR) is 89.1 cm³/mol. The lowest BCUT2D eigenvalue weighted by Crippen LogP contribution is -2.31. The summed E-state index contributed by atoms with van der Waals surface area (Å²) in [6.07, 6.45) is 1.80. The van der Waals surface area contributed by atoms with Gasteiger partial charge in [0.1, 0.15) is 0 Å². The van der Waals surface area contributed by atoms with Gasteiger partial charge < -0.3 is 5.32 Å². The molecule has 1 amide bonds. The maximum atomic E-state index is 12.5. The van der Waals surface area contributed by atoms with Gasteiger partial charge in [0, 0.05) is 11.7 Å². The van der Waals surface area contributed by atoms with E-state index in [9.17, 15) is 4.79 Å². The van der Waals surface area contributed by atoms with Crippen LogP contribution < -0.4 is 5.32 Å². The molecule has 0 atom stereocenters. The lowest BCUT2D eigenvalue weighted by atomic mass is 10.1. The Morgan fingerprint density at radius 1 is 1.27 bits per heavy atom. The zero-order valence-corrected chi connectivity index (χ0v) is 13.9. The van der Waals surface area contributed by atoms with Gasteiger partial charge in [0.15, 0.2) is 0 Å². The second kappa shape index (κ2) is 7.25. The number of aryl methyl sites for hydroxylation is 1. The average Bonchev–Trinajstić information content (AvgIpc) is 2.76. The van der Waals surface area contributed by atoms with Crippen LogP contribution in [-0.2, 0) is 13.0 Å². The lowest BCUT2D eigenvalue weighted by Gasteiger charge is -2.09. The Hall–Kier alpha value is -2.10. The first-order valence-electron chi connectivity index (χ1n) is 7.94. The molecule has 0 aliphatic heterocycles. The molecule has 1 heterocycles. The first-order chi connectivity index (χ1) is 10.5. The van der Waals surface area contributed by atoms with Crippen LogP contribution in [0.5, 0.6) is 0 Å². The minimum absolute atomic E-state index is 0.0183. The molecule has 0 saturated heterocycles. The van der Waals surface area contributed by atoms with Crippen LogP contribution in [0.15, 0.2) is 30.3 Å². The molecule has 1 N–H and O–H groups in total. The van der Waals surface area contributed by atoms with Gasteiger partial charge in [0.2, 0.25) is 0 Å². The van der Waals surface area contributed by atoms with E-state index in [1.807, 2.05) is 43.7 Å². The third kappa shape index (κ3) is 3.75. The standard InChI is InChI=1S/C18H25N3O/c1-5-9-16-17(18(22)19-13(2)3)14(4)21(20-16)12-15-10-7-6-8-11-15/h6-8,10-11,13H,5,9,12H2,1-4H3,(H,19,22). The van der Waals surface area contributed by atoms with Crippen molar-refractivity contribution in [2.75, 3.05) is 0 Å². The van der Waals surface area contributed by atoms with Crippen molar-refractivity contribution in [1.29, 1.82) is 0 Å². The van der Waals surface area contributed by atoms with E-state index in [0.29, 0.717) is 6.54 Å². The summed E-state index contributed by atoms with van der Waals surface area (Å²) in [6, 6.07) is 10.3. The number of hydrogen-bond acceptors (Lipinski definition) is 2. The molecule has 0 aliphatic carbocycles. The van der Waals surface area contributed by atoms with E-state index in [1.165, 1.54) is 5.56 Å². The molecule has 0 bridgehead atoms. The van der Waals surface area contributed by atoms with Gasteiger partial charge in [-0.1, -0.05) is 43.7 Å². The molecule has 1 aromatic carbocycles. The van der Waals surface area contributed by atoms with Crippen LogP contribution in [0.3, 0.4) is 0 Å².